The first-order chi connectivity index (χ1) is 10.8. The second-order valence-corrected chi connectivity index (χ2v) is 6.40. The molecule has 0 bridgehead atoms. The van der Waals surface area contributed by atoms with E-state index in [2.05, 4.69) is 10.3 Å². The lowest BCUT2D eigenvalue weighted by molar-refractivity contribution is 0.0528. The minimum Gasteiger partial charge on any atom is -0.389 e. The van der Waals surface area contributed by atoms with E-state index in [0.717, 1.165) is 11.3 Å². The van der Waals surface area contributed by atoms with Crippen molar-refractivity contribution in [3.63, 3.8) is 0 Å². The summed E-state index contributed by atoms with van der Waals surface area (Å²) in [4.78, 5) is 17.7. The van der Waals surface area contributed by atoms with Crippen molar-refractivity contribution < 1.29 is 9.90 Å². The van der Waals surface area contributed by atoms with Crippen LogP contribution in [-0.2, 0) is 0 Å². The summed E-state index contributed by atoms with van der Waals surface area (Å²) in [7, 11) is 1.67. The molecule has 0 aliphatic carbocycles. The van der Waals surface area contributed by atoms with Gasteiger partial charge in [0.15, 0.2) is 0 Å². The van der Waals surface area contributed by atoms with Gasteiger partial charge in [-0.3, -0.25) is 0 Å². The third-order valence-electron chi connectivity index (χ3n) is 3.48. The molecule has 124 valence electrons. The molecule has 1 heterocycles. The van der Waals surface area contributed by atoms with E-state index >= 15 is 0 Å². The molecule has 6 heteroatoms. The van der Waals surface area contributed by atoms with Crippen LogP contribution in [0.4, 0.5) is 4.79 Å². The zero-order chi connectivity index (χ0) is 17.0. The van der Waals surface area contributed by atoms with Crippen LogP contribution in [0, 0.1) is 0 Å². The minimum atomic E-state index is -0.920. The van der Waals surface area contributed by atoms with Crippen LogP contribution in [0.15, 0.2) is 43.0 Å². The van der Waals surface area contributed by atoms with Gasteiger partial charge < -0.3 is 19.9 Å². The van der Waals surface area contributed by atoms with Gasteiger partial charge in [0.25, 0.3) is 0 Å². The van der Waals surface area contributed by atoms with Crippen LogP contribution in [-0.4, -0.2) is 44.8 Å². The van der Waals surface area contributed by atoms with Crippen molar-refractivity contribution in [1.29, 1.82) is 0 Å². The van der Waals surface area contributed by atoms with E-state index in [1.165, 1.54) is 4.90 Å². The highest BCUT2D eigenvalue weighted by Gasteiger charge is 2.20. The summed E-state index contributed by atoms with van der Waals surface area (Å²) >= 11 is 0. The molecule has 0 fully saturated rings. The summed E-state index contributed by atoms with van der Waals surface area (Å²) in [5, 5.41) is 12.7. The Balaban J connectivity index is 2.05. The quantitative estimate of drug-likeness (QED) is 0.889. The number of hydrogen-bond acceptors (Lipinski definition) is 3. The molecule has 1 aromatic carbocycles. The Morgan fingerprint density at radius 2 is 2.22 bits per heavy atom. The minimum absolute atomic E-state index is 0.143. The van der Waals surface area contributed by atoms with Gasteiger partial charge >= 0.3 is 6.03 Å². The fourth-order valence-electron chi connectivity index (χ4n) is 2.40. The third-order valence-corrected chi connectivity index (χ3v) is 3.48. The summed E-state index contributed by atoms with van der Waals surface area (Å²) < 4.78 is 1.92. The van der Waals surface area contributed by atoms with Crippen molar-refractivity contribution >= 4 is 6.03 Å². The first-order valence-electron chi connectivity index (χ1n) is 7.58. The van der Waals surface area contributed by atoms with Gasteiger partial charge in [0.1, 0.15) is 0 Å². The number of amides is 2. The lowest BCUT2D eigenvalue weighted by atomic mass is 10.1. The van der Waals surface area contributed by atoms with Crippen LogP contribution >= 0.6 is 0 Å². The second kappa shape index (κ2) is 6.83. The third kappa shape index (κ3) is 4.82. The number of carbonyl (C=O) groups excluding carboxylic acids is 1. The molecule has 2 rings (SSSR count). The molecule has 2 amide bonds. The molecule has 0 saturated heterocycles. The van der Waals surface area contributed by atoms with Gasteiger partial charge in [-0.25, -0.2) is 9.78 Å². The maximum atomic E-state index is 12.2. The number of carbonyl (C=O) groups is 1. The van der Waals surface area contributed by atoms with Gasteiger partial charge in [0.05, 0.1) is 24.5 Å². The summed E-state index contributed by atoms with van der Waals surface area (Å²) in [6, 6.07) is 7.57. The van der Waals surface area contributed by atoms with E-state index < -0.39 is 5.60 Å². The highest BCUT2D eigenvalue weighted by Crippen LogP contribution is 2.17. The standard InChI is InChI=1S/C17H24N4O2/c1-13(19-16(22)20(4)11-17(2,3)23)14-6-5-7-15(10-14)21-9-8-18-12-21/h5-10,12-13,23H,11H2,1-4H3,(H,19,22). The number of nitrogens with zero attached hydrogens (tertiary/aromatic N) is 3. The Bertz CT molecular complexity index is 647. The number of urea groups is 1. The average molecular weight is 316 g/mol. The van der Waals surface area contributed by atoms with Gasteiger partial charge in [-0.15, -0.1) is 0 Å². The van der Waals surface area contributed by atoms with Crippen LogP contribution < -0.4 is 5.32 Å². The van der Waals surface area contributed by atoms with Crippen LogP contribution in [0.5, 0.6) is 0 Å². The number of aliphatic hydroxyl groups is 1. The van der Waals surface area contributed by atoms with Crippen LogP contribution in [0.1, 0.15) is 32.4 Å². The van der Waals surface area contributed by atoms with Crippen LogP contribution in [0.3, 0.4) is 0 Å². The van der Waals surface area contributed by atoms with Gasteiger partial charge in [-0.1, -0.05) is 12.1 Å². The topological polar surface area (TPSA) is 70.4 Å². The molecule has 0 aliphatic rings. The van der Waals surface area contributed by atoms with Crippen molar-refractivity contribution in [2.75, 3.05) is 13.6 Å². The average Bonchev–Trinajstić information content (AvgIpc) is 2.99. The van der Waals surface area contributed by atoms with Gasteiger partial charge in [-0.05, 0) is 38.5 Å². The predicted molar refractivity (Wildman–Crippen MR) is 89.4 cm³/mol. The van der Waals surface area contributed by atoms with Gasteiger partial charge in [0.2, 0.25) is 0 Å². The molecule has 1 unspecified atom stereocenters. The number of rotatable bonds is 5. The molecule has 1 aromatic heterocycles. The van der Waals surface area contributed by atoms with Crippen molar-refractivity contribution in [3.05, 3.63) is 48.5 Å². The Labute approximate surface area is 136 Å². The zero-order valence-electron chi connectivity index (χ0n) is 14.0. The number of hydrogen-bond donors (Lipinski definition) is 2. The Morgan fingerprint density at radius 3 is 2.83 bits per heavy atom. The number of imidazole rings is 1. The Morgan fingerprint density at radius 1 is 1.48 bits per heavy atom. The molecule has 23 heavy (non-hydrogen) atoms. The maximum absolute atomic E-state index is 12.2. The van der Waals surface area contributed by atoms with Crippen molar-refractivity contribution in [2.45, 2.75) is 32.4 Å². The monoisotopic (exact) mass is 316 g/mol. The van der Waals surface area contributed by atoms with Crippen LogP contribution in [0.25, 0.3) is 5.69 Å². The maximum Gasteiger partial charge on any atom is 0.317 e. The van der Waals surface area contributed by atoms with Gasteiger partial charge in [-0.2, -0.15) is 0 Å². The van der Waals surface area contributed by atoms with E-state index in [1.54, 1.807) is 33.4 Å². The van der Waals surface area contributed by atoms with E-state index in [4.69, 9.17) is 0 Å². The fraction of sp³-hybridized carbons (Fsp3) is 0.412. The molecule has 1 atom stereocenters. The van der Waals surface area contributed by atoms with E-state index in [9.17, 15) is 9.90 Å². The normalized spacial score (nSPS) is 12.7. The lowest BCUT2D eigenvalue weighted by Gasteiger charge is -2.27. The molecular weight excluding hydrogens is 292 g/mol. The number of aromatic nitrogens is 2. The first kappa shape index (κ1) is 17.0. The first-order valence-corrected chi connectivity index (χ1v) is 7.58. The largest absolute Gasteiger partial charge is 0.389 e. The SMILES string of the molecule is CC(NC(=O)N(C)CC(C)(C)O)c1cccc(-n2ccnc2)c1. The molecule has 0 spiro atoms. The predicted octanol–water partition coefficient (Wildman–Crippen LogP) is 2.35. The molecule has 0 aliphatic heterocycles. The van der Waals surface area contributed by atoms with Crippen molar-refractivity contribution in [1.82, 2.24) is 19.8 Å². The highest BCUT2D eigenvalue weighted by atomic mass is 16.3. The van der Waals surface area contributed by atoms with Gasteiger partial charge in [0, 0.05) is 25.1 Å². The molecule has 2 aromatic rings. The second-order valence-electron chi connectivity index (χ2n) is 6.40. The number of benzene rings is 1. The molecule has 0 radical (unpaired) electrons. The smallest absolute Gasteiger partial charge is 0.317 e. The van der Waals surface area contributed by atoms with Crippen molar-refractivity contribution in [3.8, 4) is 5.69 Å². The Hall–Kier alpha value is -2.34. The molecule has 6 nitrogen and oxygen atoms in total. The fourth-order valence-corrected chi connectivity index (χ4v) is 2.40. The molecule has 2 N–H and O–H groups in total. The summed E-state index contributed by atoms with van der Waals surface area (Å²) in [5.41, 5.74) is 1.07. The van der Waals surface area contributed by atoms with E-state index in [1.807, 2.05) is 42.0 Å². The number of nitrogens with one attached hydrogen (secondary N) is 1. The molecule has 0 saturated carbocycles. The summed E-state index contributed by atoms with van der Waals surface area (Å²) in [6.45, 7) is 5.55. The van der Waals surface area contributed by atoms with E-state index in [-0.39, 0.29) is 18.6 Å². The number of likely N-dealkylation sites (N-methyl/N-ethyl adjacent to an activating group) is 1. The lowest BCUT2D eigenvalue weighted by Crippen LogP contribution is -2.45. The summed E-state index contributed by atoms with van der Waals surface area (Å²) in [6.07, 6.45) is 5.34. The Kier molecular flexibility index (Phi) is 5.05. The highest BCUT2D eigenvalue weighted by molar-refractivity contribution is 5.74. The summed E-state index contributed by atoms with van der Waals surface area (Å²) in [5.74, 6) is 0. The molecular formula is C17H24N4O2. The zero-order valence-corrected chi connectivity index (χ0v) is 14.0. The van der Waals surface area contributed by atoms with Crippen LogP contribution in [0.2, 0.25) is 0 Å². The van der Waals surface area contributed by atoms with Crippen molar-refractivity contribution in [2.24, 2.45) is 0 Å². The van der Waals surface area contributed by atoms with E-state index in [0.29, 0.717) is 0 Å².